The molecule has 1 aromatic rings. The lowest BCUT2D eigenvalue weighted by Crippen LogP contribution is -1.82. The van der Waals surface area contributed by atoms with Crippen LogP contribution in [0, 0.1) is 0 Å². The van der Waals surface area contributed by atoms with E-state index in [1.807, 2.05) is 17.8 Å². The Hall–Kier alpha value is -0.400. The first kappa shape index (κ1) is 11.7. The summed E-state index contributed by atoms with van der Waals surface area (Å²) in [4.78, 5) is 1.23. The molecule has 0 aromatic heterocycles. The molecule has 0 nitrogen and oxygen atoms in total. The van der Waals surface area contributed by atoms with E-state index in [0.717, 1.165) is 24.5 Å². The Labute approximate surface area is 95.4 Å². The first-order chi connectivity index (χ1) is 6.83. The Balaban J connectivity index is 2.24. The van der Waals surface area contributed by atoms with Crippen LogP contribution >= 0.6 is 23.4 Å². The maximum atomic E-state index is 5.61. The van der Waals surface area contributed by atoms with Crippen molar-refractivity contribution in [3.63, 3.8) is 0 Å². The normalized spacial score (nSPS) is 10.1. The van der Waals surface area contributed by atoms with Crippen molar-refractivity contribution < 1.29 is 0 Å². The Morgan fingerprint density at radius 2 is 2.00 bits per heavy atom. The number of alkyl halides is 1. The Morgan fingerprint density at radius 1 is 1.29 bits per heavy atom. The summed E-state index contributed by atoms with van der Waals surface area (Å²) in [6.45, 7) is 4.01. The lowest BCUT2D eigenvalue weighted by atomic mass is 10.2. The van der Waals surface area contributed by atoms with Crippen LogP contribution in [0.5, 0.6) is 0 Å². The van der Waals surface area contributed by atoms with E-state index in [4.69, 9.17) is 11.6 Å². The zero-order chi connectivity index (χ0) is 10.2. The number of hydrogen-bond acceptors (Lipinski definition) is 1. The van der Waals surface area contributed by atoms with Crippen molar-refractivity contribution in [3.05, 3.63) is 47.4 Å². The van der Waals surface area contributed by atoms with Gasteiger partial charge in [-0.15, -0.1) is 23.4 Å². The Kier molecular flexibility index (Phi) is 5.81. The molecular formula is C12H15ClS. The van der Waals surface area contributed by atoms with Crippen LogP contribution in [0.1, 0.15) is 18.4 Å². The van der Waals surface area contributed by atoms with E-state index < -0.39 is 0 Å². The average Bonchev–Trinajstić information content (AvgIpc) is 2.25. The molecule has 0 saturated heterocycles. The van der Waals surface area contributed by atoms with Gasteiger partial charge in [-0.05, 0) is 23.3 Å². The fourth-order valence-electron chi connectivity index (χ4n) is 1.10. The number of halogens is 1. The molecule has 2 heteroatoms. The highest BCUT2D eigenvalue weighted by molar-refractivity contribution is 8.02. The summed E-state index contributed by atoms with van der Waals surface area (Å²) in [6.07, 6.45) is 2.06. The molecule has 0 heterocycles. The van der Waals surface area contributed by atoms with Crippen molar-refractivity contribution in [2.24, 2.45) is 0 Å². The van der Waals surface area contributed by atoms with Gasteiger partial charge in [0.05, 0.1) is 0 Å². The van der Waals surface area contributed by atoms with Gasteiger partial charge in [-0.2, -0.15) is 0 Å². The molecule has 0 atom stereocenters. The highest BCUT2D eigenvalue weighted by Crippen LogP contribution is 2.23. The third kappa shape index (κ3) is 4.73. The predicted molar refractivity (Wildman–Crippen MR) is 66.8 cm³/mol. The van der Waals surface area contributed by atoms with Gasteiger partial charge in [0.2, 0.25) is 0 Å². The van der Waals surface area contributed by atoms with Crippen LogP contribution in [0.2, 0.25) is 0 Å². The molecule has 0 N–H and O–H groups in total. The van der Waals surface area contributed by atoms with Gasteiger partial charge in [0.15, 0.2) is 0 Å². The van der Waals surface area contributed by atoms with Gasteiger partial charge in [0.1, 0.15) is 0 Å². The second-order valence-corrected chi connectivity index (χ2v) is 4.64. The maximum Gasteiger partial charge on any atom is 0.0228 e. The first-order valence-electron chi connectivity index (χ1n) is 4.73. The monoisotopic (exact) mass is 226 g/mol. The molecule has 0 radical (unpaired) electrons. The van der Waals surface area contributed by atoms with Gasteiger partial charge in [0, 0.05) is 11.6 Å². The van der Waals surface area contributed by atoms with Gasteiger partial charge >= 0.3 is 0 Å². The van der Waals surface area contributed by atoms with Crippen LogP contribution in [0.15, 0.2) is 41.8 Å². The summed E-state index contributed by atoms with van der Waals surface area (Å²) < 4.78 is 0. The fraction of sp³-hybridized carbons (Fsp3) is 0.333. The molecule has 1 aromatic carbocycles. The topological polar surface area (TPSA) is 0 Å². The number of rotatable bonds is 6. The zero-order valence-corrected chi connectivity index (χ0v) is 9.78. The summed E-state index contributed by atoms with van der Waals surface area (Å²) in [6, 6.07) is 10.5. The summed E-state index contributed by atoms with van der Waals surface area (Å²) >= 11 is 7.43. The first-order valence-corrected chi connectivity index (χ1v) is 6.25. The van der Waals surface area contributed by atoms with Gasteiger partial charge in [-0.25, -0.2) is 0 Å². The van der Waals surface area contributed by atoms with Gasteiger partial charge in [0.25, 0.3) is 0 Å². The summed E-state index contributed by atoms with van der Waals surface area (Å²) in [5.74, 6) is 1.74. The highest BCUT2D eigenvalue weighted by Gasteiger charge is 1.96. The highest BCUT2D eigenvalue weighted by atomic mass is 35.5. The number of benzene rings is 1. The molecular weight excluding hydrogens is 212 g/mol. The van der Waals surface area contributed by atoms with Crippen LogP contribution in [0.4, 0.5) is 0 Å². The summed E-state index contributed by atoms with van der Waals surface area (Å²) in [5, 5.41) is 0. The van der Waals surface area contributed by atoms with Crippen LogP contribution in [0.25, 0.3) is 0 Å². The van der Waals surface area contributed by atoms with E-state index in [9.17, 15) is 0 Å². The maximum absolute atomic E-state index is 5.61. The molecule has 14 heavy (non-hydrogen) atoms. The summed E-state index contributed by atoms with van der Waals surface area (Å²) in [7, 11) is 0. The van der Waals surface area contributed by atoms with Crippen LogP contribution in [-0.2, 0) is 5.75 Å². The van der Waals surface area contributed by atoms with Crippen molar-refractivity contribution >= 4 is 23.4 Å². The van der Waals surface area contributed by atoms with E-state index >= 15 is 0 Å². The van der Waals surface area contributed by atoms with E-state index in [1.165, 1.54) is 10.5 Å². The van der Waals surface area contributed by atoms with Gasteiger partial charge in [-0.1, -0.05) is 36.9 Å². The Morgan fingerprint density at radius 3 is 2.64 bits per heavy atom. The van der Waals surface area contributed by atoms with Crippen molar-refractivity contribution in [1.82, 2.24) is 0 Å². The molecule has 0 saturated carbocycles. The molecule has 0 unspecified atom stereocenters. The quantitative estimate of drug-likeness (QED) is 0.646. The van der Waals surface area contributed by atoms with E-state index in [-0.39, 0.29) is 0 Å². The summed E-state index contributed by atoms with van der Waals surface area (Å²) in [5.41, 5.74) is 1.35. The smallest absolute Gasteiger partial charge is 0.0228 e. The zero-order valence-electron chi connectivity index (χ0n) is 8.21. The molecule has 0 aliphatic carbocycles. The van der Waals surface area contributed by atoms with Crippen LogP contribution < -0.4 is 0 Å². The standard InChI is InChI=1S/C12H15ClS/c1-11(6-5-9-13)14-10-12-7-3-2-4-8-12/h2-4,7-8H,1,5-6,9-10H2. The molecule has 0 amide bonds. The molecule has 76 valence electrons. The van der Waals surface area contributed by atoms with Crippen LogP contribution in [0.3, 0.4) is 0 Å². The van der Waals surface area contributed by atoms with E-state index in [2.05, 4.69) is 30.8 Å². The Bertz CT molecular complexity index is 269. The second kappa shape index (κ2) is 6.97. The molecule has 1 rings (SSSR count). The van der Waals surface area contributed by atoms with Crippen molar-refractivity contribution in [2.45, 2.75) is 18.6 Å². The second-order valence-electron chi connectivity index (χ2n) is 3.11. The third-order valence-electron chi connectivity index (χ3n) is 1.88. The molecule has 0 bridgehead atoms. The molecule has 0 aliphatic heterocycles. The fourth-order valence-corrected chi connectivity index (χ4v) is 2.08. The van der Waals surface area contributed by atoms with Crippen molar-refractivity contribution in [3.8, 4) is 0 Å². The lowest BCUT2D eigenvalue weighted by molar-refractivity contribution is 0.957. The molecule has 0 fully saturated rings. The number of allylic oxidation sites excluding steroid dienone is 1. The van der Waals surface area contributed by atoms with E-state index in [0.29, 0.717) is 0 Å². The SMILES string of the molecule is C=C(CCCCl)SCc1ccccc1. The largest absolute Gasteiger partial charge is 0.127 e. The predicted octanol–water partition coefficient (Wildman–Crippen LogP) is 4.45. The van der Waals surface area contributed by atoms with E-state index in [1.54, 1.807) is 0 Å². The lowest BCUT2D eigenvalue weighted by Gasteiger charge is -2.03. The van der Waals surface area contributed by atoms with Gasteiger partial charge in [-0.3, -0.25) is 0 Å². The minimum Gasteiger partial charge on any atom is -0.127 e. The average molecular weight is 227 g/mol. The van der Waals surface area contributed by atoms with Gasteiger partial charge < -0.3 is 0 Å². The number of hydrogen-bond donors (Lipinski definition) is 0. The minimum atomic E-state index is 0.727. The van der Waals surface area contributed by atoms with Crippen molar-refractivity contribution in [1.29, 1.82) is 0 Å². The third-order valence-corrected chi connectivity index (χ3v) is 3.23. The molecule has 0 spiro atoms. The molecule has 0 aliphatic rings. The minimum absolute atomic E-state index is 0.727. The number of thioether (sulfide) groups is 1. The van der Waals surface area contributed by atoms with Crippen molar-refractivity contribution in [2.75, 3.05) is 5.88 Å². The van der Waals surface area contributed by atoms with Crippen LogP contribution in [-0.4, -0.2) is 5.88 Å².